The highest BCUT2D eigenvalue weighted by Crippen LogP contribution is 2.65. The van der Waals surface area contributed by atoms with Gasteiger partial charge in [-0.3, -0.25) is 19.2 Å². The molecule has 5 atom stereocenters. The number of esters is 1. The number of carbonyl (C=O) groups is 4. The number of rotatable bonds is 6. The van der Waals surface area contributed by atoms with E-state index in [1.807, 2.05) is 13.0 Å². The van der Waals surface area contributed by atoms with E-state index in [1.165, 1.54) is 11.1 Å². The number of aliphatic carboxylic acids is 1. The number of hydrogen-bond acceptors (Lipinski definition) is 6. The molecule has 4 rings (SSSR count). The number of Topliss-reactive ketones (excluding diaryl/α,β-unsaturated/α-hetero) is 1. The minimum atomic E-state index is -1.58. The van der Waals surface area contributed by atoms with Crippen LogP contribution in [0.15, 0.2) is 23.3 Å². The number of aliphatic hydroxyl groups is 1. The lowest BCUT2D eigenvalue weighted by molar-refractivity contribution is -0.163. The largest absolute Gasteiger partial charge is 0.481 e. The zero-order valence-electron chi connectivity index (χ0n) is 18.8. The first-order chi connectivity index (χ1) is 15.0. The van der Waals surface area contributed by atoms with Crippen LogP contribution in [0.25, 0.3) is 0 Å². The van der Waals surface area contributed by atoms with Crippen molar-refractivity contribution in [1.82, 2.24) is 0 Å². The molecule has 2 fully saturated rings. The standard InChI is InChI=1S/C25H32O7/c1-23-10-7-16(26)13-15(23)3-4-17-18(23)8-11-24(2)19(17)9-12-25(24,31)20(27)14-32-22(30)6-5-21(28)29/h8,13,17,19,31H,3-7,9-12,14H2,1-2H3,(H,28,29)/t17-,19+,23+,24+,25+/m1/s1. The molecular weight excluding hydrogens is 412 g/mol. The Morgan fingerprint density at radius 2 is 1.88 bits per heavy atom. The van der Waals surface area contributed by atoms with Gasteiger partial charge in [0.25, 0.3) is 0 Å². The van der Waals surface area contributed by atoms with Crippen LogP contribution >= 0.6 is 0 Å². The number of fused-ring (bicyclic) bond motifs is 5. The number of ether oxygens (including phenoxy) is 1. The van der Waals surface area contributed by atoms with E-state index in [0.717, 1.165) is 25.7 Å². The van der Waals surface area contributed by atoms with Crippen LogP contribution in [0, 0.1) is 22.7 Å². The van der Waals surface area contributed by atoms with Crippen molar-refractivity contribution in [3.05, 3.63) is 23.3 Å². The molecule has 0 saturated heterocycles. The minimum Gasteiger partial charge on any atom is -0.481 e. The second-order valence-electron chi connectivity index (χ2n) is 10.4. The lowest BCUT2D eigenvalue weighted by Gasteiger charge is -2.54. The average Bonchev–Trinajstić information content (AvgIpc) is 3.03. The summed E-state index contributed by atoms with van der Waals surface area (Å²) in [6, 6.07) is 0. The highest BCUT2D eigenvalue weighted by atomic mass is 16.5. The summed E-state index contributed by atoms with van der Waals surface area (Å²) in [6.45, 7) is 3.67. The predicted octanol–water partition coefficient (Wildman–Crippen LogP) is 3.15. The van der Waals surface area contributed by atoms with Gasteiger partial charge in [-0.05, 0) is 56.4 Å². The van der Waals surface area contributed by atoms with Gasteiger partial charge in [-0.2, -0.15) is 0 Å². The number of allylic oxidation sites excluding steroid dienone is 4. The van der Waals surface area contributed by atoms with Crippen molar-refractivity contribution >= 4 is 23.5 Å². The maximum atomic E-state index is 13.0. The zero-order valence-corrected chi connectivity index (χ0v) is 18.8. The molecule has 0 aliphatic heterocycles. The van der Waals surface area contributed by atoms with Crippen LogP contribution < -0.4 is 0 Å². The van der Waals surface area contributed by atoms with Gasteiger partial charge in [0.1, 0.15) is 5.60 Å². The minimum absolute atomic E-state index is 0.109. The molecule has 0 amide bonds. The van der Waals surface area contributed by atoms with Crippen molar-refractivity contribution in [3.63, 3.8) is 0 Å². The molecule has 0 aromatic heterocycles. The monoisotopic (exact) mass is 444 g/mol. The number of carboxylic acid groups (broad SMARTS) is 1. The zero-order chi connectivity index (χ0) is 23.3. The number of hydrogen-bond donors (Lipinski definition) is 2. The third kappa shape index (κ3) is 3.45. The molecule has 0 aromatic carbocycles. The number of ketones is 2. The molecule has 2 saturated carbocycles. The van der Waals surface area contributed by atoms with E-state index in [2.05, 4.69) is 13.0 Å². The quantitative estimate of drug-likeness (QED) is 0.477. The lowest BCUT2D eigenvalue weighted by Crippen LogP contribution is -2.55. The fourth-order valence-corrected chi connectivity index (χ4v) is 6.87. The smallest absolute Gasteiger partial charge is 0.306 e. The van der Waals surface area contributed by atoms with E-state index in [0.29, 0.717) is 19.3 Å². The van der Waals surface area contributed by atoms with Crippen molar-refractivity contribution < 1.29 is 34.1 Å². The summed E-state index contributed by atoms with van der Waals surface area (Å²) < 4.78 is 4.99. The SMILES string of the molecule is C[C@]12CCC(=O)C=C1CC[C@@H]1C2=CC[C@@]2(C)[C@H]1CC[C@]2(O)C(=O)COC(=O)CCC(=O)O. The Morgan fingerprint density at radius 1 is 1.12 bits per heavy atom. The second-order valence-corrected chi connectivity index (χ2v) is 10.4. The molecule has 7 nitrogen and oxygen atoms in total. The van der Waals surface area contributed by atoms with Crippen LogP contribution in [0.4, 0.5) is 0 Å². The Bertz CT molecular complexity index is 931. The first-order valence-electron chi connectivity index (χ1n) is 11.6. The van der Waals surface area contributed by atoms with Crippen LogP contribution in [-0.2, 0) is 23.9 Å². The third-order valence-corrected chi connectivity index (χ3v) is 8.86. The van der Waals surface area contributed by atoms with E-state index < -0.39 is 35.3 Å². The molecule has 2 N–H and O–H groups in total. The Balaban J connectivity index is 1.53. The van der Waals surface area contributed by atoms with Crippen molar-refractivity contribution in [1.29, 1.82) is 0 Å². The van der Waals surface area contributed by atoms with Gasteiger partial charge < -0.3 is 14.9 Å². The molecule has 0 aromatic rings. The summed E-state index contributed by atoms with van der Waals surface area (Å²) in [5.41, 5.74) is 0.252. The molecule has 0 unspecified atom stereocenters. The molecule has 0 spiro atoms. The van der Waals surface area contributed by atoms with Crippen molar-refractivity contribution in [2.75, 3.05) is 6.61 Å². The number of carboxylic acids is 1. The Hall–Kier alpha value is -2.28. The van der Waals surface area contributed by atoms with E-state index >= 15 is 0 Å². The van der Waals surface area contributed by atoms with Gasteiger partial charge in [0, 0.05) is 17.3 Å². The maximum Gasteiger partial charge on any atom is 0.306 e. The van der Waals surface area contributed by atoms with Crippen LogP contribution in [0.5, 0.6) is 0 Å². The van der Waals surface area contributed by atoms with Crippen molar-refractivity contribution in [2.24, 2.45) is 22.7 Å². The highest BCUT2D eigenvalue weighted by molar-refractivity contribution is 5.92. The van der Waals surface area contributed by atoms with Gasteiger partial charge in [-0.15, -0.1) is 0 Å². The first-order valence-corrected chi connectivity index (χ1v) is 11.6. The molecular formula is C25H32O7. The van der Waals surface area contributed by atoms with Gasteiger partial charge in [0.15, 0.2) is 12.4 Å². The lowest BCUT2D eigenvalue weighted by atomic mass is 9.50. The van der Waals surface area contributed by atoms with Crippen LogP contribution in [0.2, 0.25) is 0 Å². The molecule has 174 valence electrons. The maximum absolute atomic E-state index is 13.0. The van der Waals surface area contributed by atoms with Gasteiger partial charge in [0.2, 0.25) is 5.78 Å². The molecule has 7 heteroatoms. The Morgan fingerprint density at radius 3 is 2.59 bits per heavy atom. The van der Waals surface area contributed by atoms with Gasteiger partial charge >= 0.3 is 11.9 Å². The molecule has 4 aliphatic rings. The average molecular weight is 445 g/mol. The molecule has 0 bridgehead atoms. The molecule has 0 radical (unpaired) electrons. The fraction of sp³-hybridized carbons (Fsp3) is 0.680. The van der Waals surface area contributed by atoms with Gasteiger partial charge in [0.05, 0.1) is 12.8 Å². The van der Waals surface area contributed by atoms with Crippen LogP contribution in [0.1, 0.15) is 71.6 Å². The first kappa shape index (κ1) is 22.9. The van der Waals surface area contributed by atoms with Crippen LogP contribution in [0.3, 0.4) is 0 Å². The molecule has 0 heterocycles. The highest BCUT2D eigenvalue weighted by Gasteiger charge is 2.64. The summed E-state index contributed by atoms with van der Waals surface area (Å²) in [5, 5.41) is 20.2. The summed E-state index contributed by atoms with van der Waals surface area (Å²) >= 11 is 0. The van der Waals surface area contributed by atoms with E-state index in [9.17, 15) is 24.3 Å². The van der Waals surface area contributed by atoms with Gasteiger partial charge in [-0.25, -0.2) is 0 Å². The van der Waals surface area contributed by atoms with E-state index in [1.54, 1.807) is 0 Å². The van der Waals surface area contributed by atoms with Crippen LogP contribution in [-0.4, -0.2) is 45.9 Å². The summed E-state index contributed by atoms with van der Waals surface area (Å²) in [7, 11) is 0. The summed E-state index contributed by atoms with van der Waals surface area (Å²) in [6.07, 6.45) is 8.15. The number of carbonyl (C=O) groups excluding carboxylic acids is 3. The van der Waals surface area contributed by atoms with E-state index in [-0.39, 0.29) is 35.9 Å². The molecule has 32 heavy (non-hydrogen) atoms. The van der Waals surface area contributed by atoms with Crippen molar-refractivity contribution in [2.45, 2.75) is 77.2 Å². The summed E-state index contributed by atoms with van der Waals surface area (Å²) in [4.78, 5) is 47.4. The van der Waals surface area contributed by atoms with Gasteiger partial charge in [-0.1, -0.05) is 31.1 Å². The molecule has 4 aliphatic carbocycles. The van der Waals surface area contributed by atoms with Crippen molar-refractivity contribution in [3.8, 4) is 0 Å². The second kappa shape index (κ2) is 7.94. The fourth-order valence-electron chi connectivity index (χ4n) is 6.87. The third-order valence-electron chi connectivity index (χ3n) is 8.86. The normalized spacial score (nSPS) is 38.0. The Kier molecular flexibility index (Phi) is 5.68. The Labute approximate surface area is 187 Å². The topological polar surface area (TPSA) is 118 Å². The van der Waals surface area contributed by atoms with E-state index in [4.69, 9.17) is 9.84 Å². The summed E-state index contributed by atoms with van der Waals surface area (Å²) in [5.74, 6) is -1.74. The predicted molar refractivity (Wildman–Crippen MR) is 114 cm³/mol.